The molecule has 0 aliphatic heterocycles. The molecule has 0 aromatic heterocycles. The Labute approximate surface area is 149 Å². The van der Waals surface area contributed by atoms with Crippen molar-refractivity contribution in [3.8, 4) is 0 Å². The monoisotopic (exact) mass is 338 g/mol. The third-order valence-corrected chi connectivity index (χ3v) is 4.24. The van der Waals surface area contributed by atoms with Crippen molar-refractivity contribution in [3.05, 3.63) is 24.3 Å². The van der Waals surface area contributed by atoms with Gasteiger partial charge in [-0.3, -0.25) is 4.79 Å². The second kappa shape index (κ2) is 18.0. The number of carbonyl (C=O) groups is 2. The van der Waals surface area contributed by atoms with Gasteiger partial charge in [0.25, 0.3) is 0 Å². The molecule has 3 atom stereocenters. The van der Waals surface area contributed by atoms with E-state index in [1.54, 1.807) is 6.92 Å². The molecule has 0 saturated heterocycles. The van der Waals surface area contributed by atoms with Gasteiger partial charge in [0.05, 0.1) is 5.92 Å². The van der Waals surface area contributed by atoms with Crippen molar-refractivity contribution >= 4 is 12.3 Å². The Hall–Kier alpha value is -1.38. The van der Waals surface area contributed by atoms with E-state index in [1.807, 2.05) is 6.92 Å². The summed E-state index contributed by atoms with van der Waals surface area (Å²) in [6.07, 6.45) is 17.3. The maximum absolute atomic E-state index is 11.0. The minimum atomic E-state index is -0.706. The molecule has 140 valence electrons. The fourth-order valence-corrected chi connectivity index (χ4v) is 2.16. The van der Waals surface area contributed by atoms with Gasteiger partial charge in [-0.25, -0.2) is 0 Å². The fraction of sp³-hybridized carbons (Fsp3) is 0.714. The quantitative estimate of drug-likeness (QED) is 0.268. The fourth-order valence-electron chi connectivity index (χ4n) is 2.16. The van der Waals surface area contributed by atoms with E-state index in [0.717, 1.165) is 38.4 Å². The molecule has 0 radical (unpaired) electrons. The lowest BCUT2D eigenvalue weighted by atomic mass is 9.89. The second-order valence-corrected chi connectivity index (χ2v) is 6.42. The number of carbonyl (C=O) groups excluding carboxylic acids is 1. The Morgan fingerprint density at radius 3 is 2.12 bits per heavy atom. The number of allylic oxidation sites excluding steroid dienone is 4. The van der Waals surface area contributed by atoms with E-state index in [2.05, 4.69) is 45.1 Å². The summed E-state index contributed by atoms with van der Waals surface area (Å²) in [5, 5.41) is 8.18. The lowest BCUT2D eigenvalue weighted by Crippen LogP contribution is -2.12. The third-order valence-electron chi connectivity index (χ3n) is 4.24. The molecule has 0 aliphatic rings. The van der Waals surface area contributed by atoms with Gasteiger partial charge in [-0.15, -0.1) is 0 Å². The molecule has 0 aliphatic carbocycles. The summed E-state index contributed by atoms with van der Waals surface area (Å²) >= 11 is 0. The van der Waals surface area contributed by atoms with Gasteiger partial charge in [0, 0.05) is 5.92 Å². The lowest BCUT2D eigenvalue weighted by Gasteiger charge is -2.15. The van der Waals surface area contributed by atoms with Crippen LogP contribution in [0.3, 0.4) is 0 Å². The van der Waals surface area contributed by atoms with Gasteiger partial charge in [0.2, 0.25) is 0 Å². The van der Waals surface area contributed by atoms with E-state index in [-0.39, 0.29) is 11.8 Å². The minimum Gasteiger partial charge on any atom is -0.481 e. The van der Waals surface area contributed by atoms with Crippen molar-refractivity contribution in [2.24, 2.45) is 17.8 Å². The number of hydrogen-bond acceptors (Lipinski definition) is 2. The minimum absolute atomic E-state index is 0.181. The number of carboxylic acid groups (broad SMARTS) is 1. The highest BCUT2D eigenvalue weighted by Crippen LogP contribution is 2.19. The molecule has 0 amide bonds. The van der Waals surface area contributed by atoms with Gasteiger partial charge in [-0.1, -0.05) is 64.8 Å². The van der Waals surface area contributed by atoms with Gasteiger partial charge in [-0.05, 0) is 44.9 Å². The molecule has 24 heavy (non-hydrogen) atoms. The van der Waals surface area contributed by atoms with E-state index in [1.165, 1.54) is 12.8 Å². The zero-order valence-corrected chi connectivity index (χ0v) is 16.3. The number of unbranched alkanes of at least 4 members (excludes halogenated alkanes) is 2. The predicted molar refractivity (Wildman–Crippen MR) is 103 cm³/mol. The molecule has 0 aromatic carbocycles. The molecular weight excluding hydrogens is 300 g/mol. The van der Waals surface area contributed by atoms with Gasteiger partial charge < -0.3 is 9.90 Å². The summed E-state index contributed by atoms with van der Waals surface area (Å²) in [5.74, 6) is -0.158. The Morgan fingerprint density at radius 1 is 1.08 bits per heavy atom. The van der Waals surface area contributed by atoms with E-state index in [4.69, 9.17) is 5.11 Å². The Morgan fingerprint density at radius 2 is 1.71 bits per heavy atom. The summed E-state index contributed by atoms with van der Waals surface area (Å²) in [6.45, 7) is 9.97. The summed E-state index contributed by atoms with van der Waals surface area (Å²) in [7, 11) is 0. The first kappa shape index (κ1) is 24.9. The Bertz CT molecular complexity index is 358. The zero-order valence-electron chi connectivity index (χ0n) is 16.3. The van der Waals surface area contributed by atoms with Crippen molar-refractivity contribution in [2.45, 2.75) is 79.6 Å². The van der Waals surface area contributed by atoms with Crippen LogP contribution in [0.1, 0.15) is 79.6 Å². The van der Waals surface area contributed by atoms with E-state index in [0.29, 0.717) is 5.92 Å². The van der Waals surface area contributed by atoms with Crippen LogP contribution in [0.15, 0.2) is 24.3 Å². The third kappa shape index (κ3) is 15.5. The molecule has 1 N–H and O–H groups in total. The standard InChI is InChI=1S/C16H28O.C5H10O2/c1-4-6-7-8-9-10-11-13-16(14-17)15(3)12-5-2;1-3-4(2)5(6)7/h4,6,10-11,14-16H,5,7-9,12-13H2,1-3H3;4H,3H2,1-2H3,(H,6,7)/b6-4+,11-10-;. The van der Waals surface area contributed by atoms with Gasteiger partial charge in [-0.2, -0.15) is 0 Å². The normalized spacial score (nSPS) is 14.9. The molecule has 3 unspecified atom stereocenters. The molecule has 0 spiro atoms. The average molecular weight is 339 g/mol. The predicted octanol–water partition coefficient (Wildman–Crippen LogP) is 6.05. The summed E-state index contributed by atoms with van der Waals surface area (Å²) in [6, 6.07) is 0. The van der Waals surface area contributed by atoms with Crippen LogP contribution in [0.25, 0.3) is 0 Å². The van der Waals surface area contributed by atoms with Crippen molar-refractivity contribution < 1.29 is 14.7 Å². The zero-order chi connectivity index (χ0) is 18.8. The number of carboxylic acids is 1. The molecule has 0 aromatic rings. The first-order valence-corrected chi connectivity index (χ1v) is 9.38. The largest absolute Gasteiger partial charge is 0.481 e. The smallest absolute Gasteiger partial charge is 0.306 e. The summed E-state index contributed by atoms with van der Waals surface area (Å²) < 4.78 is 0. The molecule has 3 heteroatoms. The number of rotatable bonds is 12. The van der Waals surface area contributed by atoms with Crippen molar-refractivity contribution in [2.75, 3.05) is 0 Å². The molecule has 0 rings (SSSR count). The average Bonchev–Trinajstić information content (AvgIpc) is 2.57. The number of hydrogen-bond donors (Lipinski definition) is 1. The van der Waals surface area contributed by atoms with Crippen LogP contribution in [0.4, 0.5) is 0 Å². The topological polar surface area (TPSA) is 54.4 Å². The van der Waals surface area contributed by atoms with Crippen LogP contribution in [-0.2, 0) is 9.59 Å². The van der Waals surface area contributed by atoms with Crippen LogP contribution >= 0.6 is 0 Å². The van der Waals surface area contributed by atoms with E-state index < -0.39 is 5.97 Å². The van der Waals surface area contributed by atoms with Crippen molar-refractivity contribution in [1.82, 2.24) is 0 Å². The Balaban J connectivity index is 0. The molecular formula is C21H38O3. The van der Waals surface area contributed by atoms with Gasteiger partial charge >= 0.3 is 5.97 Å². The first-order chi connectivity index (χ1) is 11.4. The highest BCUT2D eigenvalue weighted by molar-refractivity contribution is 5.69. The SMILES string of the molecule is C/C=C/CCC/C=C\CC(C=O)C(C)CCC.CCC(C)C(=O)O. The van der Waals surface area contributed by atoms with Crippen LogP contribution in [0.2, 0.25) is 0 Å². The van der Waals surface area contributed by atoms with E-state index >= 15 is 0 Å². The highest BCUT2D eigenvalue weighted by atomic mass is 16.4. The maximum atomic E-state index is 11.0. The van der Waals surface area contributed by atoms with Crippen LogP contribution < -0.4 is 0 Å². The Kier molecular flexibility index (Phi) is 18.6. The number of aldehydes is 1. The lowest BCUT2D eigenvalue weighted by molar-refractivity contribution is -0.141. The molecule has 0 heterocycles. The maximum Gasteiger partial charge on any atom is 0.306 e. The summed E-state index contributed by atoms with van der Waals surface area (Å²) in [5.41, 5.74) is 0. The van der Waals surface area contributed by atoms with Gasteiger partial charge in [0.1, 0.15) is 6.29 Å². The summed E-state index contributed by atoms with van der Waals surface area (Å²) in [4.78, 5) is 20.9. The first-order valence-electron chi connectivity index (χ1n) is 9.38. The van der Waals surface area contributed by atoms with Crippen LogP contribution in [-0.4, -0.2) is 17.4 Å². The molecule has 3 nitrogen and oxygen atoms in total. The van der Waals surface area contributed by atoms with Gasteiger partial charge in [0.15, 0.2) is 0 Å². The van der Waals surface area contributed by atoms with Crippen LogP contribution in [0, 0.1) is 17.8 Å². The highest BCUT2D eigenvalue weighted by Gasteiger charge is 2.13. The molecule has 0 saturated carbocycles. The van der Waals surface area contributed by atoms with Crippen molar-refractivity contribution in [3.63, 3.8) is 0 Å². The molecule has 0 bridgehead atoms. The van der Waals surface area contributed by atoms with E-state index in [9.17, 15) is 9.59 Å². The number of aliphatic carboxylic acids is 1. The van der Waals surface area contributed by atoms with Crippen molar-refractivity contribution in [1.29, 1.82) is 0 Å². The molecule has 0 fully saturated rings. The van der Waals surface area contributed by atoms with Crippen LogP contribution in [0.5, 0.6) is 0 Å². The second-order valence-electron chi connectivity index (χ2n) is 6.42.